The van der Waals surface area contributed by atoms with Gasteiger partial charge in [0.2, 0.25) is 0 Å². The molecular formula is C5H15N3O4S. The highest BCUT2D eigenvalue weighted by Crippen LogP contribution is 1.99. The van der Waals surface area contributed by atoms with E-state index in [0.29, 0.717) is 0 Å². The molecule has 0 saturated heterocycles. The molecule has 0 aromatic rings. The van der Waals surface area contributed by atoms with Gasteiger partial charge in [-0.15, -0.1) is 0 Å². The predicted octanol–water partition coefficient (Wildman–Crippen LogP) is -2.70. The van der Waals surface area contributed by atoms with Crippen molar-refractivity contribution in [3.63, 3.8) is 0 Å². The number of carboxylic acids is 2. The van der Waals surface area contributed by atoms with Gasteiger partial charge in [0.15, 0.2) is 0 Å². The van der Waals surface area contributed by atoms with E-state index in [1.807, 2.05) is 0 Å². The molecule has 0 saturated carbocycles. The van der Waals surface area contributed by atoms with Crippen LogP contribution in [0.15, 0.2) is 0 Å². The van der Waals surface area contributed by atoms with E-state index < -0.39 is 18.0 Å². The second-order valence-electron chi connectivity index (χ2n) is 1.81. The topological polar surface area (TPSA) is 179 Å². The highest BCUT2D eigenvalue weighted by molar-refractivity contribution is 7.99. The van der Waals surface area contributed by atoms with E-state index in [9.17, 15) is 19.8 Å². The van der Waals surface area contributed by atoms with Crippen molar-refractivity contribution < 1.29 is 19.8 Å². The molecule has 0 aliphatic rings. The number of hydrogen-bond acceptors (Lipinski definition) is 6. The van der Waals surface area contributed by atoms with Crippen molar-refractivity contribution in [1.29, 1.82) is 0 Å². The number of aliphatic carboxylic acids is 2. The maximum Gasteiger partial charge on any atom is 0.0590 e. The minimum absolute atomic E-state index is 0. The Labute approximate surface area is 79.8 Å². The van der Waals surface area contributed by atoms with Crippen molar-refractivity contribution in [3.05, 3.63) is 0 Å². The number of quaternary nitrogens is 2. The molecule has 0 aliphatic heterocycles. The average molecular weight is 213 g/mol. The zero-order valence-corrected chi connectivity index (χ0v) is 8.43. The fourth-order valence-corrected chi connectivity index (χ4v) is 1.01. The van der Waals surface area contributed by atoms with Crippen molar-refractivity contribution in [2.45, 2.75) is 6.04 Å². The molecule has 0 unspecified atom stereocenters. The van der Waals surface area contributed by atoms with Crippen LogP contribution in [0.2, 0.25) is 0 Å². The molecule has 80 valence electrons. The lowest BCUT2D eigenvalue weighted by Crippen LogP contribution is -2.43. The molecule has 0 aromatic heterocycles. The minimum Gasteiger partial charge on any atom is -0.549 e. The zero-order chi connectivity index (χ0) is 8.85. The quantitative estimate of drug-likeness (QED) is 0.446. The molecule has 10 N–H and O–H groups in total. The summed E-state index contributed by atoms with van der Waals surface area (Å²) in [5, 5.41) is 19.8. The van der Waals surface area contributed by atoms with Gasteiger partial charge in [-0.25, -0.2) is 0 Å². The molecule has 0 heterocycles. The van der Waals surface area contributed by atoms with Crippen molar-refractivity contribution in [2.24, 2.45) is 5.73 Å². The molecule has 0 spiro atoms. The normalized spacial score (nSPS) is 10.5. The highest BCUT2D eigenvalue weighted by Gasteiger charge is 2.01. The number of rotatable bonds is 5. The van der Waals surface area contributed by atoms with Crippen LogP contribution in [0, 0.1) is 0 Å². The van der Waals surface area contributed by atoms with Crippen LogP contribution >= 0.6 is 11.8 Å². The molecule has 13 heavy (non-hydrogen) atoms. The summed E-state index contributed by atoms with van der Waals surface area (Å²) in [5.74, 6) is -2.84. The number of nitrogens with two attached hydrogens (primary N) is 1. The first kappa shape index (κ1) is 18.1. The van der Waals surface area contributed by atoms with Gasteiger partial charge in [0, 0.05) is 11.5 Å². The molecule has 0 fully saturated rings. The van der Waals surface area contributed by atoms with E-state index in [-0.39, 0.29) is 23.8 Å². The van der Waals surface area contributed by atoms with Gasteiger partial charge in [0.1, 0.15) is 0 Å². The third-order valence-corrected chi connectivity index (χ3v) is 1.85. The Morgan fingerprint density at radius 1 is 1.31 bits per heavy atom. The Morgan fingerprint density at radius 3 is 2.08 bits per heavy atom. The average Bonchev–Trinajstić information content (AvgIpc) is 1.86. The van der Waals surface area contributed by atoms with Crippen molar-refractivity contribution in [2.75, 3.05) is 11.5 Å². The highest BCUT2D eigenvalue weighted by atomic mass is 32.2. The minimum atomic E-state index is -1.38. The van der Waals surface area contributed by atoms with Gasteiger partial charge in [-0.05, 0) is 0 Å². The fourth-order valence-electron chi connectivity index (χ4n) is 0.337. The molecule has 0 radical (unpaired) electrons. The van der Waals surface area contributed by atoms with Crippen LogP contribution in [-0.2, 0) is 9.59 Å². The maximum atomic E-state index is 9.96. The molecular weight excluding hydrogens is 198 g/mol. The number of carboxylic acid groups (broad SMARTS) is 2. The van der Waals surface area contributed by atoms with E-state index in [0.717, 1.165) is 11.8 Å². The van der Waals surface area contributed by atoms with Crippen LogP contribution in [0.25, 0.3) is 0 Å². The summed E-state index contributed by atoms with van der Waals surface area (Å²) in [6.45, 7) is 0. The SMILES string of the molecule is N[C@H](CSCC(=O)[O-])C(=O)[O-].[NH4+].[NH4+]. The predicted molar refractivity (Wildman–Crippen MR) is 47.3 cm³/mol. The second-order valence-corrected chi connectivity index (χ2v) is 2.84. The van der Waals surface area contributed by atoms with E-state index >= 15 is 0 Å². The molecule has 1 atom stereocenters. The first-order valence-electron chi connectivity index (χ1n) is 2.78. The van der Waals surface area contributed by atoms with Gasteiger partial charge in [-0.1, -0.05) is 0 Å². The first-order valence-corrected chi connectivity index (χ1v) is 3.93. The summed E-state index contributed by atoms with van der Waals surface area (Å²) < 4.78 is 0. The molecule has 7 nitrogen and oxygen atoms in total. The van der Waals surface area contributed by atoms with Crippen LogP contribution in [0.3, 0.4) is 0 Å². The Kier molecular flexibility index (Phi) is 12.9. The Bertz CT molecular complexity index is 166. The molecule has 8 heteroatoms. The van der Waals surface area contributed by atoms with Gasteiger partial charge in [0.25, 0.3) is 0 Å². The maximum absolute atomic E-state index is 9.96. The second kappa shape index (κ2) is 9.26. The largest absolute Gasteiger partial charge is 0.549 e. The molecule has 0 rings (SSSR count). The lowest BCUT2D eigenvalue weighted by atomic mass is 10.4. The summed E-state index contributed by atoms with van der Waals surface area (Å²) in [4.78, 5) is 19.8. The summed E-state index contributed by atoms with van der Waals surface area (Å²) in [5.41, 5.74) is 5.01. The summed E-state index contributed by atoms with van der Waals surface area (Å²) >= 11 is 0.890. The molecule has 0 amide bonds. The first-order chi connectivity index (χ1) is 5.04. The van der Waals surface area contributed by atoms with Crippen LogP contribution in [0.5, 0.6) is 0 Å². The summed E-state index contributed by atoms with van der Waals surface area (Å²) in [6, 6.07) is -1.11. The zero-order valence-electron chi connectivity index (χ0n) is 7.61. The van der Waals surface area contributed by atoms with Crippen molar-refractivity contribution in [3.8, 4) is 0 Å². The molecule has 0 aliphatic carbocycles. The number of carbonyl (C=O) groups excluding carboxylic acids is 2. The van der Waals surface area contributed by atoms with E-state index in [1.165, 1.54) is 0 Å². The van der Waals surface area contributed by atoms with E-state index in [1.54, 1.807) is 0 Å². The van der Waals surface area contributed by atoms with Gasteiger partial charge >= 0.3 is 0 Å². The molecule has 0 aromatic carbocycles. The van der Waals surface area contributed by atoms with Crippen LogP contribution in [0.4, 0.5) is 0 Å². The third kappa shape index (κ3) is 11.2. The summed E-state index contributed by atoms with van der Waals surface area (Å²) in [7, 11) is 0. The number of hydrogen-bond donors (Lipinski definition) is 3. The lowest BCUT2D eigenvalue weighted by Gasteiger charge is -2.11. The number of carbonyl (C=O) groups is 2. The standard InChI is InChI=1S/C5H9NO4S.2H3N/c6-3(5(9)10)1-11-2-4(7)8;;/h3H,1-2,6H2,(H,7,8)(H,9,10);2*1H3/t3-;;/m1../s1. The van der Waals surface area contributed by atoms with Crippen LogP contribution in [-0.4, -0.2) is 29.5 Å². The molecule has 0 bridgehead atoms. The van der Waals surface area contributed by atoms with Crippen LogP contribution < -0.4 is 28.2 Å². The van der Waals surface area contributed by atoms with Gasteiger partial charge in [-0.2, -0.15) is 11.8 Å². The van der Waals surface area contributed by atoms with Crippen molar-refractivity contribution in [1.82, 2.24) is 12.3 Å². The van der Waals surface area contributed by atoms with E-state index in [4.69, 9.17) is 5.73 Å². The third-order valence-electron chi connectivity index (χ3n) is 0.820. The van der Waals surface area contributed by atoms with Gasteiger partial charge in [-0.3, -0.25) is 0 Å². The van der Waals surface area contributed by atoms with E-state index in [2.05, 4.69) is 0 Å². The van der Waals surface area contributed by atoms with Crippen molar-refractivity contribution >= 4 is 23.7 Å². The summed E-state index contributed by atoms with van der Waals surface area (Å²) in [6.07, 6.45) is 0. The van der Waals surface area contributed by atoms with Crippen LogP contribution in [0.1, 0.15) is 0 Å². The Balaban J connectivity index is -0.000000500. The Hall–Kier alpha value is -0.830. The fraction of sp³-hybridized carbons (Fsp3) is 0.600. The monoisotopic (exact) mass is 213 g/mol. The van der Waals surface area contributed by atoms with Gasteiger partial charge < -0.3 is 37.8 Å². The number of thioether (sulfide) groups is 1. The smallest absolute Gasteiger partial charge is 0.0590 e. The van der Waals surface area contributed by atoms with Gasteiger partial charge in [0.05, 0.1) is 18.0 Å². The Morgan fingerprint density at radius 2 is 1.77 bits per heavy atom. The lowest BCUT2D eigenvalue weighted by molar-refractivity contribution is -0.307.